The molecule has 0 spiro atoms. The minimum absolute atomic E-state index is 0.0750. The predicted octanol–water partition coefficient (Wildman–Crippen LogP) is 4.66. The minimum Gasteiger partial charge on any atom is -0.357 e. The Kier molecular flexibility index (Phi) is 7.88. The van der Waals surface area contributed by atoms with Crippen LogP contribution in [0.1, 0.15) is 58.4 Å². The molecule has 0 bridgehead atoms. The second kappa shape index (κ2) is 10.6. The average molecular weight is 425 g/mol. The first-order chi connectivity index (χ1) is 14.8. The molecule has 2 heterocycles. The SMILES string of the molecule is Cc1cc(N2CCC(C)CC2)nc2ccc(NC(=O)CCC(=O)NCCC(C)C)cc12. The minimum atomic E-state index is -0.150. The van der Waals surface area contributed by atoms with Gasteiger partial charge in [-0.25, -0.2) is 4.98 Å². The van der Waals surface area contributed by atoms with E-state index in [2.05, 4.69) is 49.3 Å². The third-order valence-electron chi connectivity index (χ3n) is 6.02. The molecular formula is C25H36N4O2. The number of hydrogen-bond acceptors (Lipinski definition) is 4. The zero-order valence-electron chi connectivity index (χ0n) is 19.3. The molecule has 168 valence electrons. The molecule has 0 aliphatic carbocycles. The largest absolute Gasteiger partial charge is 0.357 e. The molecule has 3 rings (SSSR count). The molecular weight excluding hydrogens is 388 g/mol. The van der Waals surface area contributed by atoms with Crippen molar-refractivity contribution in [1.29, 1.82) is 0 Å². The lowest BCUT2D eigenvalue weighted by Gasteiger charge is -2.31. The van der Waals surface area contributed by atoms with E-state index in [4.69, 9.17) is 4.98 Å². The Labute approximate surface area is 185 Å². The highest BCUT2D eigenvalue weighted by molar-refractivity contribution is 5.96. The lowest BCUT2D eigenvalue weighted by Crippen LogP contribution is -2.33. The van der Waals surface area contributed by atoms with Gasteiger partial charge in [-0.05, 0) is 67.9 Å². The fourth-order valence-electron chi connectivity index (χ4n) is 3.89. The third-order valence-corrected chi connectivity index (χ3v) is 6.02. The van der Waals surface area contributed by atoms with Gasteiger partial charge in [0.1, 0.15) is 5.82 Å². The van der Waals surface area contributed by atoms with Gasteiger partial charge in [0, 0.05) is 43.5 Å². The molecule has 1 aliphatic heterocycles. The topological polar surface area (TPSA) is 74.3 Å². The fraction of sp³-hybridized carbons (Fsp3) is 0.560. The van der Waals surface area contributed by atoms with Crippen LogP contribution < -0.4 is 15.5 Å². The van der Waals surface area contributed by atoms with Crippen molar-refractivity contribution in [3.63, 3.8) is 0 Å². The van der Waals surface area contributed by atoms with Gasteiger partial charge in [0.2, 0.25) is 11.8 Å². The number of aromatic nitrogens is 1. The van der Waals surface area contributed by atoms with Crippen molar-refractivity contribution in [3.05, 3.63) is 29.8 Å². The normalized spacial score (nSPS) is 14.8. The molecule has 6 nitrogen and oxygen atoms in total. The van der Waals surface area contributed by atoms with E-state index in [1.54, 1.807) is 0 Å². The smallest absolute Gasteiger partial charge is 0.224 e. The van der Waals surface area contributed by atoms with Crippen LogP contribution in [0.5, 0.6) is 0 Å². The Hall–Kier alpha value is -2.63. The summed E-state index contributed by atoms with van der Waals surface area (Å²) in [6, 6.07) is 7.97. The maximum Gasteiger partial charge on any atom is 0.224 e. The van der Waals surface area contributed by atoms with E-state index in [1.807, 2.05) is 18.2 Å². The number of nitrogens with zero attached hydrogens (tertiary/aromatic N) is 2. The maximum atomic E-state index is 12.3. The average Bonchev–Trinajstić information content (AvgIpc) is 2.73. The highest BCUT2D eigenvalue weighted by Gasteiger charge is 2.18. The molecule has 1 aromatic heterocycles. The second-order valence-electron chi connectivity index (χ2n) is 9.28. The predicted molar refractivity (Wildman–Crippen MR) is 127 cm³/mol. The number of piperidine rings is 1. The Balaban J connectivity index is 1.58. The number of nitrogens with one attached hydrogen (secondary N) is 2. The van der Waals surface area contributed by atoms with E-state index in [9.17, 15) is 9.59 Å². The van der Waals surface area contributed by atoms with Gasteiger partial charge in [0.05, 0.1) is 5.52 Å². The number of rotatable bonds is 8. The summed E-state index contributed by atoms with van der Waals surface area (Å²) in [5, 5.41) is 6.83. The van der Waals surface area contributed by atoms with Crippen molar-refractivity contribution in [2.75, 3.05) is 29.9 Å². The monoisotopic (exact) mass is 424 g/mol. The van der Waals surface area contributed by atoms with Crippen LogP contribution in [0.3, 0.4) is 0 Å². The first-order valence-corrected chi connectivity index (χ1v) is 11.5. The number of pyridine rings is 1. The van der Waals surface area contributed by atoms with E-state index < -0.39 is 0 Å². The molecule has 1 aliphatic rings. The van der Waals surface area contributed by atoms with Crippen molar-refractivity contribution in [2.45, 2.75) is 59.8 Å². The first-order valence-electron chi connectivity index (χ1n) is 11.5. The number of amides is 2. The molecule has 0 saturated carbocycles. The highest BCUT2D eigenvalue weighted by Crippen LogP contribution is 2.28. The number of fused-ring (bicyclic) bond motifs is 1. The molecule has 6 heteroatoms. The van der Waals surface area contributed by atoms with E-state index in [1.165, 1.54) is 12.8 Å². The molecule has 0 atom stereocenters. The number of anilines is 2. The number of aryl methyl sites for hydroxylation is 1. The molecule has 0 unspecified atom stereocenters. The Morgan fingerprint density at radius 2 is 1.84 bits per heavy atom. The Morgan fingerprint density at radius 3 is 2.55 bits per heavy atom. The quantitative estimate of drug-likeness (QED) is 0.646. The third kappa shape index (κ3) is 6.68. The molecule has 0 radical (unpaired) electrons. The molecule has 1 fully saturated rings. The van der Waals surface area contributed by atoms with Crippen LogP contribution in [0.15, 0.2) is 24.3 Å². The molecule has 31 heavy (non-hydrogen) atoms. The number of carbonyl (C=O) groups is 2. The lowest BCUT2D eigenvalue weighted by atomic mass is 9.99. The van der Waals surface area contributed by atoms with Gasteiger partial charge in [0.25, 0.3) is 0 Å². The summed E-state index contributed by atoms with van der Waals surface area (Å²) in [6.45, 7) is 11.4. The van der Waals surface area contributed by atoms with Crippen molar-refractivity contribution in [3.8, 4) is 0 Å². The van der Waals surface area contributed by atoms with Crippen LogP contribution in [-0.4, -0.2) is 36.4 Å². The summed E-state index contributed by atoms with van der Waals surface area (Å²) in [4.78, 5) is 31.4. The summed E-state index contributed by atoms with van der Waals surface area (Å²) >= 11 is 0. The molecule has 1 aromatic carbocycles. The summed E-state index contributed by atoms with van der Waals surface area (Å²) in [6.07, 6.45) is 3.74. The van der Waals surface area contributed by atoms with E-state index in [0.29, 0.717) is 12.5 Å². The van der Waals surface area contributed by atoms with Crippen molar-refractivity contribution >= 4 is 34.2 Å². The first kappa shape index (κ1) is 23.0. The Bertz CT molecular complexity index is 917. The summed E-state index contributed by atoms with van der Waals surface area (Å²) in [5.41, 5.74) is 2.83. The summed E-state index contributed by atoms with van der Waals surface area (Å²) in [7, 11) is 0. The zero-order valence-corrected chi connectivity index (χ0v) is 19.3. The van der Waals surface area contributed by atoms with E-state index in [-0.39, 0.29) is 24.7 Å². The van der Waals surface area contributed by atoms with Crippen LogP contribution in [0.25, 0.3) is 10.9 Å². The van der Waals surface area contributed by atoms with Crippen LogP contribution in [-0.2, 0) is 9.59 Å². The van der Waals surface area contributed by atoms with Gasteiger partial charge in [-0.3, -0.25) is 9.59 Å². The Morgan fingerprint density at radius 1 is 1.13 bits per heavy atom. The lowest BCUT2D eigenvalue weighted by molar-refractivity contribution is -0.124. The van der Waals surface area contributed by atoms with Gasteiger partial charge in [-0.1, -0.05) is 20.8 Å². The highest BCUT2D eigenvalue weighted by atomic mass is 16.2. The van der Waals surface area contributed by atoms with Crippen molar-refractivity contribution in [2.24, 2.45) is 11.8 Å². The van der Waals surface area contributed by atoms with Crippen LogP contribution in [0.4, 0.5) is 11.5 Å². The van der Waals surface area contributed by atoms with E-state index in [0.717, 1.165) is 53.4 Å². The van der Waals surface area contributed by atoms with Crippen LogP contribution in [0, 0.1) is 18.8 Å². The molecule has 2 amide bonds. The maximum absolute atomic E-state index is 12.3. The fourth-order valence-corrected chi connectivity index (χ4v) is 3.89. The number of benzene rings is 1. The number of carbonyl (C=O) groups excluding carboxylic acids is 2. The van der Waals surface area contributed by atoms with Gasteiger partial charge in [-0.15, -0.1) is 0 Å². The van der Waals surface area contributed by atoms with Crippen LogP contribution >= 0.6 is 0 Å². The molecule has 1 saturated heterocycles. The van der Waals surface area contributed by atoms with Crippen LogP contribution in [0.2, 0.25) is 0 Å². The van der Waals surface area contributed by atoms with Gasteiger partial charge in [-0.2, -0.15) is 0 Å². The summed E-state index contributed by atoms with van der Waals surface area (Å²) < 4.78 is 0. The molecule has 2 N–H and O–H groups in total. The second-order valence-corrected chi connectivity index (χ2v) is 9.28. The van der Waals surface area contributed by atoms with Gasteiger partial charge >= 0.3 is 0 Å². The standard InChI is InChI=1S/C25H36N4O2/c1-17(2)9-12-26-24(30)7-8-25(31)27-20-5-6-22-21(16-20)19(4)15-23(28-22)29-13-10-18(3)11-14-29/h5-6,15-18H,7-14H2,1-4H3,(H,26,30)(H,27,31). The van der Waals surface area contributed by atoms with Crippen molar-refractivity contribution in [1.82, 2.24) is 10.3 Å². The van der Waals surface area contributed by atoms with Gasteiger partial charge < -0.3 is 15.5 Å². The zero-order chi connectivity index (χ0) is 22.4. The van der Waals surface area contributed by atoms with Gasteiger partial charge in [0.15, 0.2) is 0 Å². The van der Waals surface area contributed by atoms with Crippen molar-refractivity contribution < 1.29 is 9.59 Å². The van der Waals surface area contributed by atoms with E-state index >= 15 is 0 Å². The number of hydrogen-bond donors (Lipinski definition) is 2. The summed E-state index contributed by atoms with van der Waals surface area (Å²) in [5.74, 6) is 2.15. The molecule has 2 aromatic rings.